The lowest BCUT2D eigenvalue weighted by atomic mass is 10.0. The highest BCUT2D eigenvalue weighted by atomic mass is 32.2. The zero-order valence-corrected chi connectivity index (χ0v) is 26.0. The number of carbonyl (C=O) groups is 2. The molecule has 0 aliphatic rings. The SMILES string of the molecule is CCCCNC(=O)[C@@H](CC)N(Cc1ccc(F)cc1)C(=O)CN(c1ccc(C(C)C)cc1)S(=O)(=O)c1ccc(C)cc1. The molecule has 1 atom stereocenters. The van der Waals surface area contributed by atoms with Gasteiger partial charge < -0.3 is 10.2 Å². The number of hydrogen-bond donors (Lipinski definition) is 1. The van der Waals surface area contributed by atoms with Gasteiger partial charge in [0.1, 0.15) is 18.4 Å². The van der Waals surface area contributed by atoms with Crippen LogP contribution in [0.25, 0.3) is 0 Å². The minimum absolute atomic E-state index is 0.0174. The summed E-state index contributed by atoms with van der Waals surface area (Å²) in [5, 5.41) is 2.90. The summed E-state index contributed by atoms with van der Waals surface area (Å²) in [7, 11) is -4.15. The van der Waals surface area contributed by atoms with Gasteiger partial charge in [0, 0.05) is 13.1 Å². The van der Waals surface area contributed by atoms with Crippen LogP contribution in [0.2, 0.25) is 0 Å². The van der Waals surface area contributed by atoms with Crippen LogP contribution in [-0.4, -0.2) is 44.3 Å². The Balaban J connectivity index is 2.04. The summed E-state index contributed by atoms with van der Waals surface area (Å²) in [6.07, 6.45) is 2.01. The number of amides is 2. The van der Waals surface area contributed by atoms with Gasteiger partial charge in [-0.25, -0.2) is 12.8 Å². The van der Waals surface area contributed by atoms with E-state index in [-0.39, 0.29) is 23.3 Å². The summed E-state index contributed by atoms with van der Waals surface area (Å²) >= 11 is 0. The van der Waals surface area contributed by atoms with E-state index in [1.54, 1.807) is 43.3 Å². The molecule has 0 unspecified atom stereocenters. The number of unbranched alkanes of at least 4 members (excludes halogenated alkanes) is 1. The van der Waals surface area contributed by atoms with E-state index in [2.05, 4.69) is 5.32 Å². The maximum absolute atomic E-state index is 14.1. The first kappa shape index (κ1) is 32.8. The third-order valence-corrected chi connectivity index (χ3v) is 9.01. The highest BCUT2D eigenvalue weighted by Gasteiger charge is 2.33. The Labute approximate surface area is 249 Å². The minimum atomic E-state index is -4.15. The number of halogens is 1. The van der Waals surface area contributed by atoms with Gasteiger partial charge in [-0.2, -0.15) is 0 Å². The van der Waals surface area contributed by atoms with Gasteiger partial charge in [0.25, 0.3) is 10.0 Å². The molecular weight excluding hydrogens is 553 g/mol. The van der Waals surface area contributed by atoms with Crippen molar-refractivity contribution in [3.63, 3.8) is 0 Å². The second kappa shape index (κ2) is 15.0. The van der Waals surface area contributed by atoms with Crippen molar-refractivity contribution in [3.05, 3.63) is 95.3 Å². The average Bonchev–Trinajstić information content (AvgIpc) is 2.97. The first-order chi connectivity index (χ1) is 20.0. The number of nitrogens with zero attached hydrogens (tertiary/aromatic N) is 2. The molecule has 3 aromatic carbocycles. The molecule has 0 saturated heterocycles. The van der Waals surface area contributed by atoms with Gasteiger partial charge >= 0.3 is 0 Å². The Bertz CT molecular complexity index is 1420. The number of hydrogen-bond acceptors (Lipinski definition) is 4. The van der Waals surface area contributed by atoms with Crippen LogP contribution in [0.5, 0.6) is 0 Å². The van der Waals surface area contributed by atoms with Crippen LogP contribution >= 0.6 is 0 Å². The maximum atomic E-state index is 14.1. The largest absolute Gasteiger partial charge is 0.354 e. The molecule has 226 valence electrons. The summed E-state index contributed by atoms with van der Waals surface area (Å²) in [4.78, 5) is 28.8. The van der Waals surface area contributed by atoms with Crippen molar-refractivity contribution in [2.24, 2.45) is 0 Å². The monoisotopic (exact) mass is 595 g/mol. The molecule has 0 bridgehead atoms. The number of anilines is 1. The Kier molecular flexibility index (Phi) is 11.7. The van der Waals surface area contributed by atoms with E-state index in [4.69, 9.17) is 0 Å². The lowest BCUT2D eigenvalue weighted by molar-refractivity contribution is -0.140. The molecule has 42 heavy (non-hydrogen) atoms. The molecular formula is C33H42FN3O4S. The molecule has 0 saturated carbocycles. The summed E-state index contributed by atoms with van der Waals surface area (Å²) in [5.41, 5.74) is 2.91. The van der Waals surface area contributed by atoms with E-state index in [1.165, 1.54) is 29.2 Å². The van der Waals surface area contributed by atoms with Gasteiger partial charge in [-0.05, 0) is 73.2 Å². The number of aryl methyl sites for hydroxylation is 1. The van der Waals surface area contributed by atoms with E-state index >= 15 is 0 Å². The van der Waals surface area contributed by atoms with E-state index in [0.717, 1.165) is 28.3 Å². The average molecular weight is 596 g/mol. The fraction of sp³-hybridized carbons (Fsp3) is 0.394. The molecule has 0 radical (unpaired) electrons. The second-order valence-corrected chi connectivity index (χ2v) is 12.7. The molecule has 1 N–H and O–H groups in total. The maximum Gasteiger partial charge on any atom is 0.264 e. The predicted molar refractivity (Wildman–Crippen MR) is 165 cm³/mol. The predicted octanol–water partition coefficient (Wildman–Crippen LogP) is 6.18. The normalized spacial score (nSPS) is 12.2. The van der Waals surface area contributed by atoms with Crippen LogP contribution in [0.1, 0.15) is 69.6 Å². The number of sulfonamides is 1. The summed E-state index contributed by atoms with van der Waals surface area (Å²) in [6.45, 7) is 9.75. The van der Waals surface area contributed by atoms with Gasteiger partial charge in [-0.1, -0.05) is 76.1 Å². The van der Waals surface area contributed by atoms with Crippen molar-refractivity contribution in [1.82, 2.24) is 10.2 Å². The molecule has 0 heterocycles. The van der Waals surface area contributed by atoms with Gasteiger partial charge in [0.2, 0.25) is 11.8 Å². The van der Waals surface area contributed by atoms with Crippen LogP contribution in [0, 0.1) is 12.7 Å². The van der Waals surface area contributed by atoms with Crippen molar-refractivity contribution in [2.75, 3.05) is 17.4 Å². The topological polar surface area (TPSA) is 86.8 Å². The Morgan fingerprint density at radius 3 is 2.07 bits per heavy atom. The van der Waals surface area contributed by atoms with Crippen molar-refractivity contribution in [1.29, 1.82) is 0 Å². The molecule has 2 amide bonds. The van der Waals surface area contributed by atoms with Crippen molar-refractivity contribution in [2.45, 2.75) is 77.3 Å². The van der Waals surface area contributed by atoms with Crippen LogP contribution in [-0.2, 0) is 26.2 Å². The lowest BCUT2D eigenvalue weighted by Crippen LogP contribution is -2.52. The standard InChI is InChI=1S/C33H42FN3O4S/c1-6-8-21-35-33(39)31(7-2)36(22-26-11-15-28(34)16-12-26)32(38)23-37(29-17-13-27(14-18-29)24(3)4)42(40,41)30-19-9-25(5)10-20-30/h9-20,24,31H,6-8,21-23H2,1-5H3,(H,35,39)/t31-/m1/s1. The van der Waals surface area contributed by atoms with E-state index in [0.29, 0.717) is 24.2 Å². The van der Waals surface area contributed by atoms with Crippen molar-refractivity contribution >= 4 is 27.5 Å². The molecule has 3 aromatic rings. The molecule has 3 rings (SSSR count). The van der Waals surface area contributed by atoms with Crippen LogP contribution in [0.15, 0.2) is 77.7 Å². The van der Waals surface area contributed by atoms with E-state index < -0.39 is 34.3 Å². The molecule has 0 fully saturated rings. The van der Waals surface area contributed by atoms with Crippen molar-refractivity contribution < 1.29 is 22.4 Å². The number of rotatable bonds is 14. The van der Waals surface area contributed by atoms with Gasteiger partial charge in [-0.3, -0.25) is 13.9 Å². The quantitative estimate of drug-likeness (QED) is 0.226. The smallest absolute Gasteiger partial charge is 0.264 e. The molecule has 0 aliphatic heterocycles. The number of nitrogens with one attached hydrogen (secondary N) is 1. The first-order valence-electron chi connectivity index (χ1n) is 14.5. The summed E-state index contributed by atoms with van der Waals surface area (Å²) in [6, 6.07) is 18.5. The Hall–Kier alpha value is -3.72. The molecule has 0 aromatic heterocycles. The fourth-order valence-corrected chi connectivity index (χ4v) is 6.02. The number of carbonyl (C=O) groups excluding carboxylic acids is 2. The van der Waals surface area contributed by atoms with Gasteiger partial charge in [0.15, 0.2) is 0 Å². The van der Waals surface area contributed by atoms with Crippen LogP contribution in [0.4, 0.5) is 10.1 Å². The minimum Gasteiger partial charge on any atom is -0.354 e. The zero-order valence-electron chi connectivity index (χ0n) is 25.1. The van der Waals surface area contributed by atoms with Gasteiger partial charge in [0.05, 0.1) is 10.6 Å². The Morgan fingerprint density at radius 1 is 0.905 bits per heavy atom. The summed E-state index contributed by atoms with van der Waals surface area (Å²) in [5.74, 6) is -1.03. The highest BCUT2D eigenvalue weighted by Crippen LogP contribution is 2.27. The fourth-order valence-electron chi connectivity index (χ4n) is 4.60. The number of benzene rings is 3. The lowest BCUT2D eigenvalue weighted by Gasteiger charge is -2.33. The van der Waals surface area contributed by atoms with Crippen LogP contribution in [0.3, 0.4) is 0 Å². The van der Waals surface area contributed by atoms with E-state index in [1.807, 2.05) is 39.8 Å². The third kappa shape index (κ3) is 8.41. The highest BCUT2D eigenvalue weighted by molar-refractivity contribution is 7.92. The second-order valence-electron chi connectivity index (χ2n) is 10.8. The van der Waals surface area contributed by atoms with Crippen molar-refractivity contribution in [3.8, 4) is 0 Å². The van der Waals surface area contributed by atoms with Crippen LogP contribution < -0.4 is 9.62 Å². The molecule has 7 nitrogen and oxygen atoms in total. The Morgan fingerprint density at radius 2 is 1.52 bits per heavy atom. The molecule has 0 spiro atoms. The molecule has 0 aliphatic carbocycles. The zero-order chi connectivity index (χ0) is 30.9. The van der Waals surface area contributed by atoms with Gasteiger partial charge in [-0.15, -0.1) is 0 Å². The summed E-state index contributed by atoms with van der Waals surface area (Å²) < 4.78 is 42.7. The van der Waals surface area contributed by atoms with E-state index in [9.17, 15) is 22.4 Å². The first-order valence-corrected chi connectivity index (χ1v) is 15.9. The molecule has 9 heteroatoms. The third-order valence-electron chi connectivity index (χ3n) is 7.22.